The van der Waals surface area contributed by atoms with E-state index in [1.807, 2.05) is 6.07 Å². The van der Waals surface area contributed by atoms with Crippen LogP contribution in [-0.4, -0.2) is 21.9 Å². The Bertz CT molecular complexity index is 730. The molecule has 1 amide bonds. The number of aromatic nitrogens is 2. The van der Waals surface area contributed by atoms with Gasteiger partial charge in [0.2, 0.25) is 0 Å². The maximum absolute atomic E-state index is 12.4. The number of amides is 1. The van der Waals surface area contributed by atoms with Gasteiger partial charge in [0.15, 0.2) is 0 Å². The summed E-state index contributed by atoms with van der Waals surface area (Å²) >= 11 is 5.83. The van der Waals surface area contributed by atoms with Gasteiger partial charge in [-0.3, -0.25) is 9.78 Å². The summed E-state index contributed by atoms with van der Waals surface area (Å²) in [5.41, 5.74) is 1.32. The Morgan fingerprint density at radius 2 is 2.08 bits per heavy atom. The van der Waals surface area contributed by atoms with E-state index in [2.05, 4.69) is 22.2 Å². The molecule has 1 aliphatic rings. The average molecular weight is 374 g/mol. The molecule has 1 fully saturated rings. The molecule has 26 heavy (non-hydrogen) atoms. The fourth-order valence-electron chi connectivity index (χ4n) is 3.32. The highest BCUT2D eigenvalue weighted by Crippen LogP contribution is 2.26. The summed E-state index contributed by atoms with van der Waals surface area (Å²) in [5, 5.41) is 3.50. The van der Waals surface area contributed by atoms with Crippen molar-refractivity contribution in [2.75, 3.05) is 0 Å². The maximum Gasteiger partial charge on any atom is 0.253 e. The van der Waals surface area contributed by atoms with Crippen LogP contribution in [0, 0.1) is 5.92 Å². The van der Waals surface area contributed by atoms with Gasteiger partial charge in [-0.2, -0.15) is 0 Å². The van der Waals surface area contributed by atoms with Crippen molar-refractivity contribution in [3.8, 4) is 5.75 Å². The summed E-state index contributed by atoms with van der Waals surface area (Å²) in [6, 6.07) is 7.18. The predicted molar refractivity (Wildman–Crippen MR) is 101 cm³/mol. The van der Waals surface area contributed by atoms with Gasteiger partial charge in [0.05, 0.1) is 11.3 Å². The number of carbonyl (C=O) groups is 1. The van der Waals surface area contributed by atoms with Crippen molar-refractivity contribution < 1.29 is 9.53 Å². The molecule has 1 aliphatic carbocycles. The van der Waals surface area contributed by atoms with Crippen molar-refractivity contribution in [3.05, 3.63) is 53.1 Å². The van der Waals surface area contributed by atoms with Gasteiger partial charge < -0.3 is 10.1 Å². The Hall–Kier alpha value is -2.14. The number of hydrogen-bond acceptors (Lipinski definition) is 4. The second-order valence-electron chi connectivity index (χ2n) is 6.80. The molecule has 2 heterocycles. The zero-order valence-electron chi connectivity index (χ0n) is 15.0. The quantitative estimate of drug-likeness (QED) is 0.762. The third kappa shape index (κ3) is 5.18. The van der Waals surface area contributed by atoms with E-state index in [1.165, 1.54) is 32.1 Å². The van der Waals surface area contributed by atoms with Crippen molar-refractivity contribution in [2.45, 2.75) is 51.7 Å². The molecule has 1 atom stereocenters. The molecule has 0 aromatic carbocycles. The molecule has 6 heteroatoms. The van der Waals surface area contributed by atoms with Gasteiger partial charge in [-0.25, -0.2) is 4.98 Å². The van der Waals surface area contributed by atoms with Gasteiger partial charge in [0, 0.05) is 24.5 Å². The smallest absolute Gasteiger partial charge is 0.253 e. The minimum absolute atomic E-state index is 0.0658. The highest BCUT2D eigenvalue weighted by molar-refractivity contribution is 6.29. The molecule has 2 aromatic heterocycles. The molecule has 5 nitrogen and oxygen atoms in total. The number of nitrogens with one attached hydrogen (secondary N) is 1. The molecule has 0 unspecified atom stereocenters. The van der Waals surface area contributed by atoms with E-state index in [0.717, 1.165) is 5.69 Å². The van der Waals surface area contributed by atoms with Crippen LogP contribution in [0.3, 0.4) is 0 Å². The molecular weight excluding hydrogens is 350 g/mol. The minimum atomic E-state index is -0.0658. The summed E-state index contributed by atoms with van der Waals surface area (Å²) in [6.45, 7) is 2.41. The zero-order chi connectivity index (χ0) is 18.4. The summed E-state index contributed by atoms with van der Waals surface area (Å²) in [4.78, 5) is 20.7. The number of ether oxygens (including phenoxy) is 1. The molecule has 3 rings (SSSR count). The Labute approximate surface area is 159 Å². The van der Waals surface area contributed by atoms with E-state index in [1.54, 1.807) is 30.6 Å². The van der Waals surface area contributed by atoms with Crippen LogP contribution in [0.5, 0.6) is 5.75 Å². The topological polar surface area (TPSA) is 64.1 Å². The number of rotatable bonds is 6. The first-order valence-electron chi connectivity index (χ1n) is 9.12. The fourth-order valence-corrected chi connectivity index (χ4v) is 3.48. The van der Waals surface area contributed by atoms with Crippen LogP contribution in [0.2, 0.25) is 5.15 Å². The molecule has 0 radical (unpaired) electrons. The van der Waals surface area contributed by atoms with Gasteiger partial charge in [-0.15, -0.1) is 0 Å². The average Bonchev–Trinajstić information content (AvgIpc) is 2.67. The lowest BCUT2D eigenvalue weighted by atomic mass is 9.84. The monoisotopic (exact) mass is 373 g/mol. The third-order valence-electron chi connectivity index (χ3n) is 4.89. The van der Waals surface area contributed by atoms with Crippen LogP contribution in [0.1, 0.15) is 55.1 Å². The van der Waals surface area contributed by atoms with Crippen LogP contribution in [0.15, 0.2) is 36.7 Å². The lowest BCUT2D eigenvalue weighted by molar-refractivity contribution is 0.0919. The normalized spacial score (nSPS) is 16.1. The summed E-state index contributed by atoms with van der Waals surface area (Å²) in [5.74, 6) is 1.15. The van der Waals surface area contributed by atoms with Crippen molar-refractivity contribution in [3.63, 3.8) is 0 Å². The molecule has 1 N–H and O–H groups in total. The van der Waals surface area contributed by atoms with E-state index in [4.69, 9.17) is 16.3 Å². The molecule has 0 aliphatic heterocycles. The van der Waals surface area contributed by atoms with Crippen LogP contribution in [-0.2, 0) is 6.61 Å². The Kier molecular flexibility index (Phi) is 6.45. The second kappa shape index (κ2) is 8.99. The van der Waals surface area contributed by atoms with Crippen molar-refractivity contribution in [1.29, 1.82) is 0 Å². The fraction of sp³-hybridized carbons (Fsp3) is 0.450. The van der Waals surface area contributed by atoms with Gasteiger partial charge >= 0.3 is 0 Å². The van der Waals surface area contributed by atoms with Gasteiger partial charge in [-0.05, 0) is 43.9 Å². The summed E-state index contributed by atoms with van der Waals surface area (Å²) in [6.07, 6.45) is 9.45. The standard InChI is InChI=1S/C20H24ClN3O2/c1-14(15-5-3-2-4-6-15)24-20(25)16-7-8-17(23-12-16)13-26-18-9-10-22-19(21)11-18/h7-12,14-15H,2-6,13H2,1H3,(H,24,25)/t14-/m1/s1. The zero-order valence-corrected chi connectivity index (χ0v) is 15.7. The van der Waals surface area contributed by atoms with E-state index in [9.17, 15) is 4.79 Å². The molecule has 2 aromatic rings. The third-order valence-corrected chi connectivity index (χ3v) is 5.09. The van der Waals surface area contributed by atoms with Crippen LogP contribution in [0.25, 0.3) is 0 Å². The van der Waals surface area contributed by atoms with Gasteiger partial charge in [0.1, 0.15) is 17.5 Å². The SMILES string of the molecule is C[C@@H](NC(=O)c1ccc(COc2ccnc(Cl)c2)nc1)C1CCCCC1. The van der Waals surface area contributed by atoms with E-state index in [-0.39, 0.29) is 11.9 Å². The molecular formula is C20H24ClN3O2. The van der Waals surface area contributed by atoms with Crippen molar-refractivity contribution >= 4 is 17.5 Å². The highest BCUT2D eigenvalue weighted by atomic mass is 35.5. The number of pyridine rings is 2. The van der Waals surface area contributed by atoms with Gasteiger partial charge in [0.25, 0.3) is 5.91 Å². The number of halogens is 1. The molecule has 1 saturated carbocycles. The lowest BCUT2D eigenvalue weighted by Gasteiger charge is -2.28. The van der Waals surface area contributed by atoms with E-state index in [0.29, 0.717) is 29.0 Å². The number of nitrogens with zero attached hydrogens (tertiary/aromatic N) is 2. The van der Waals surface area contributed by atoms with E-state index >= 15 is 0 Å². The Morgan fingerprint density at radius 3 is 2.77 bits per heavy atom. The van der Waals surface area contributed by atoms with Crippen LogP contribution in [0.4, 0.5) is 0 Å². The molecule has 0 saturated heterocycles. The van der Waals surface area contributed by atoms with Gasteiger partial charge in [-0.1, -0.05) is 30.9 Å². The largest absolute Gasteiger partial charge is 0.487 e. The van der Waals surface area contributed by atoms with Crippen LogP contribution < -0.4 is 10.1 Å². The molecule has 0 spiro atoms. The molecule has 138 valence electrons. The van der Waals surface area contributed by atoms with Crippen LogP contribution >= 0.6 is 11.6 Å². The maximum atomic E-state index is 12.4. The summed E-state index contributed by atoms with van der Waals surface area (Å²) in [7, 11) is 0. The predicted octanol–water partition coefficient (Wildman–Crippen LogP) is 4.41. The minimum Gasteiger partial charge on any atom is -0.487 e. The molecule has 0 bridgehead atoms. The van der Waals surface area contributed by atoms with Crippen molar-refractivity contribution in [1.82, 2.24) is 15.3 Å². The first kappa shape index (κ1) is 18.6. The Morgan fingerprint density at radius 1 is 1.27 bits per heavy atom. The first-order chi connectivity index (χ1) is 12.6. The first-order valence-corrected chi connectivity index (χ1v) is 9.50. The lowest BCUT2D eigenvalue weighted by Crippen LogP contribution is -2.38. The number of hydrogen-bond donors (Lipinski definition) is 1. The Balaban J connectivity index is 1.52. The van der Waals surface area contributed by atoms with Crippen molar-refractivity contribution in [2.24, 2.45) is 5.92 Å². The highest BCUT2D eigenvalue weighted by Gasteiger charge is 2.21. The van der Waals surface area contributed by atoms with E-state index < -0.39 is 0 Å². The summed E-state index contributed by atoms with van der Waals surface area (Å²) < 4.78 is 5.63. The number of carbonyl (C=O) groups excluding carboxylic acids is 1. The second-order valence-corrected chi connectivity index (χ2v) is 7.19.